The van der Waals surface area contributed by atoms with Crippen molar-refractivity contribution in [2.75, 3.05) is 13.2 Å². The molecule has 2 heteroatoms. The Morgan fingerprint density at radius 3 is 2.60 bits per heavy atom. The number of Topliss-reactive ketones (excluding diaryl/α,β-unsaturated/α-hetero) is 1. The summed E-state index contributed by atoms with van der Waals surface area (Å²) in [5.74, 6) is 0.0273. The Morgan fingerprint density at radius 1 is 1.33 bits per heavy atom. The van der Waals surface area contributed by atoms with Crippen molar-refractivity contribution in [2.24, 2.45) is 0 Å². The van der Waals surface area contributed by atoms with Gasteiger partial charge in [-0.1, -0.05) is 42.0 Å². The van der Waals surface area contributed by atoms with Crippen LogP contribution >= 0.6 is 0 Å². The summed E-state index contributed by atoms with van der Waals surface area (Å²) in [5, 5.41) is 0. The van der Waals surface area contributed by atoms with Gasteiger partial charge >= 0.3 is 0 Å². The van der Waals surface area contributed by atoms with E-state index in [9.17, 15) is 4.79 Å². The van der Waals surface area contributed by atoms with Crippen LogP contribution in [0.5, 0.6) is 0 Å². The molecule has 0 aliphatic heterocycles. The third kappa shape index (κ3) is 4.09. The van der Waals surface area contributed by atoms with E-state index in [2.05, 4.69) is 0 Å². The first-order valence-corrected chi connectivity index (χ1v) is 5.03. The molecule has 1 rings (SSSR count). The Kier molecular flexibility index (Phi) is 4.78. The molecule has 0 amide bonds. The molecule has 0 heterocycles. The molecule has 0 aliphatic rings. The highest BCUT2D eigenvalue weighted by molar-refractivity contribution is 5.97. The quantitative estimate of drug-likeness (QED) is 0.419. The van der Waals surface area contributed by atoms with Gasteiger partial charge < -0.3 is 4.74 Å². The number of rotatable bonds is 5. The third-order valence-electron chi connectivity index (χ3n) is 2.06. The summed E-state index contributed by atoms with van der Waals surface area (Å²) >= 11 is 0. The summed E-state index contributed by atoms with van der Waals surface area (Å²) in [6.07, 6.45) is 3.78. The largest absolute Gasteiger partial charge is 0.369 e. The Hall–Kier alpha value is -1.41. The lowest BCUT2D eigenvalue weighted by molar-refractivity contribution is 0.0806. The molecule has 0 radical (unpaired) electrons. The second kappa shape index (κ2) is 6.14. The molecule has 0 aromatic heterocycles. The van der Waals surface area contributed by atoms with Gasteiger partial charge in [-0.05, 0) is 13.8 Å². The van der Waals surface area contributed by atoms with E-state index in [1.165, 1.54) is 0 Å². The number of carbonyl (C=O) groups excluding carboxylic acids is 1. The van der Waals surface area contributed by atoms with Crippen LogP contribution in [0.1, 0.15) is 22.8 Å². The molecule has 0 saturated heterocycles. The minimum atomic E-state index is 0.0273. The molecule has 0 N–H and O–H groups in total. The third-order valence-corrected chi connectivity index (χ3v) is 2.06. The Balaban J connectivity index is 2.43. The monoisotopic (exact) mass is 204 g/mol. The summed E-state index contributed by atoms with van der Waals surface area (Å²) in [4.78, 5) is 11.6. The Labute approximate surface area is 90.6 Å². The average Bonchev–Trinajstić information content (AvgIpc) is 2.25. The molecular formula is C13H16O2. The fourth-order valence-corrected chi connectivity index (χ4v) is 1.14. The van der Waals surface area contributed by atoms with Crippen molar-refractivity contribution in [3.05, 3.63) is 47.5 Å². The van der Waals surface area contributed by atoms with Gasteiger partial charge in [0.2, 0.25) is 0 Å². The van der Waals surface area contributed by atoms with Crippen LogP contribution in [-0.4, -0.2) is 19.0 Å². The minimum absolute atomic E-state index is 0.0273. The predicted molar refractivity (Wildman–Crippen MR) is 61.1 cm³/mol. The molecule has 0 saturated carbocycles. The summed E-state index contributed by atoms with van der Waals surface area (Å²) in [6, 6.07) is 7.52. The van der Waals surface area contributed by atoms with Crippen LogP contribution in [0, 0.1) is 6.92 Å². The zero-order valence-electron chi connectivity index (χ0n) is 9.19. The molecule has 2 nitrogen and oxygen atoms in total. The molecule has 80 valence electrons. The van der Waals surface area contributed by atoms with Gasteiger partial charge in [-0.2, -0.15) is 0 Å². The maximum atomic E-state index is 11.6. The summed E-state index contributed by atoms with van der Waals surface area (Å²) in [5.41, 5.74) is 1.86. The average molecular weight is 204 g/mol. The molecule has 0 bridgehead atoms. The van der Waals surface area contributed by atoms with Crippen molar-refractivity contribution >= 4 is 5.78 Å². The van der Waals surface area contributed by atoms with Gasteiger partial charge in [-0.15, -0.1) is 0 Å². The van der Waals surface area contributed by atoms with Gasteiger partial charge in [0.05, 0.1) is 6.61 Å². The molecular weight excluding hydrogens is 188 g/mol. The van der Waals surface area contributed by atoms with E-state index >= 15 is 0 Å². The van der Waals surface area contributed by atoms with Crippen molar-refractivity contribution < 1.29 is 9.53 Å². The van der Waals surface area contributed by atoms with E-state index < -0.39 is 0 Å². The summed E-state index contributed by atoms with van der Waals surface area (Å²) < 4.78 is 5.18. The first kappa shape index (κ1) is 11.7. The predicted octanol–water partition coefficient (Wildman–Crippen LogP) is 2.77. The number of hydrogen-bond donors (Lipinski definition) is 0. The van der Waals surface area contributed by atoms with Gasteiger partial charge in [0.1, 0.15) is 6.61 Å². The smallest absolute Gasteiger partial charge is 0.188 e. The zero-order chi connectivity index (χ0) is 11.1. The van der Waals surface area contributed by atoms with Gasteiger partial charge in [0.15, 0.2) is 5.78 Å². The normalized spacial score (nSPS) is 10.8. The highest BCUT2D eigenvalue weighted by atomic mass is 16.5. The summed E-state index contributed by atoms with van der Waals surface area (Å²) in [6.45, 7) is 4.56. The van der Waals surface area contributed by atoms with Crippen LogP contribution in [0.15, 0.2) is 36.4 Å². The van der Waals surface area contributed by atoms with Crippen LogP contribution in [0.4, 0.5) is 0 Å². The molecule has 1 aromatic rings. The van der Waals surface area contributed by atoms with Crippen LogP contribution in [-0.2, 0) is 4.74 Å². The molecule has 0 spiro atoms. The highest BCUT2D eigenvalue weighted by Gasteiger charge is 2.04. The topological polar surface area (TPSA) is 26.3 Å². The zero-order valence-corrected chi connectivity index (χ0v) is 9.19. The number of allylic oxidation sites excluding steroid dienone is 1. The lowest BCUT2D eigenvalue weighted by atomic mass is 10.1. The second-order valence-electron chi connectivity index (χ2n) is 3.37. The van der Waals surface area contributed by atoms with E-state index in [1.807, 2.05) is 50.3 Å². The number of ether oxygens (including phenoxy) is 1. The number of benzene rings is 1. The van der Waals surface area contributed by atoms with E-state index in [4.69, 9.17) is 4.74 Å². The van der Waals surface area contributed by atoms with Crippen LogP contribution in [0.2, 0.25) is 0 Å². The molecule has 1 aromatic carbocycles. The minimum Gasteiger partial charge on any atom is -0.369 e. The number of carbonyl (C=O) groups is 1. The van der Waals surface area contributed by atoms with Crippen LogP contribution in [0.25, 0.3) is 0 Å². The SMILES string of the molecule is CC=CCOCC(=O)c1ccc(C)cc1. The van der Waals surface area contributed by atoms with Crippen LogP contribution in [0.3, 0.4) is 0 Å². The lowest BCUT2D eigenvalue weighted by Crippen LogP contribution is -2.08. The van der Waals surface area contributed by atoms with Crippen LogP contribution < -0.4 is 0 Å². The number of ketones is 1. The van der Waals surface area contributed by atoms with Gasteiger partial charge in [0, 0.05) is 5.56 Å². The first-order valence-electron chi connectivity index (χ1n) is 5.03. The van der Waals surface area contributed by atoms with E-state index in [0.717, 1.165) is 5.56 Å². The fraction of sp³-hybridized carbons (Fsp3) is 0.308. The molecule has 0 fully saturated rings. The molecule has 0 unspecified atom stereocenters. The van der Waals surface area contributed by atoms with Crippen molar-refractivity contribution in [2.45, 2.75) is 13.8 Å². The highest BCUT2D eigenvalue weighted by Crippen LogP contribution is 2.04. The standard InChI is InChI=1S/C13H16O2/c1-3-4-9-15-10-13(14)12-7-5-11(2)6-8-12/h3-8H,9-10H2,1-2H3. The van der Waals surface area contributed by atoms with E-state index in [0.29, 0.717) is 12.2 Å². The number of aryl methyl sites for hydroxylation is 1. The summed E-state index contributed by atoms with van der Waals surface area (Å²) in [7, 11) is 0. The van der Waals surface area contributed by atoms with E-state index in [-0.39, 0.29) is 12.4 Å². The van der Waals surface area contributed by atoms with Crippen molar-refractivity contribution in [1.82, 2.24) is 0 Å². The molecule has 15 heavy (non-hydrogen) atoms. The van der Waals surface area contributed by atoms with Crippen molar-refractivity contribution in [3.63, 3.8) is 0 Å². The van der Waals surface area contributed by atoms with E-state index in [1.54, 1.807) is 0 Å². The Morgan fingerprint density at radius 2 is 2.00 bits per heavy atom. The molecule has 0 aliphatic carbocycles. The van der Waals surface area contributed by atoms with Gasteiger partial charge in [-0.3, -0.25) is 4.79 Å². The lowest BCUT2D eigenvalue weighted by Gasteiger charge is -2.01. The van der Waals surface area contributed by atoms with Gasteiger partial charge in [-0.25, -0.2) is 0 Å². The van der Waals surface area contributed by atoms with Crippen molar-refractivity contribution in [1.29, 1.82) is 0 Å². The molecule has 0 atom stereocenters. The van der Waals surface area contributed by atoms with Gasteiger partial charge in [0.25, 0.3) is 0 Å². The second-order valence-corrected chi connectivity index (χ2v) is 3.37. The fourth-order valence-electron chi connectivity index (χ4n) is 1.14. The number of hydrogen-bond acceptors (Lipinski definition) is 2. The maximum Gasteiger partial charge on any atom is 0.188 e. The maximum absolute atomic E-state index is 11.6. The Bertz CT molecular complexity index is 336. The van der Waals surface area contributed by atoms with Crippen molar-refractivity contribution in [3.8, 4) is 0 Å². The first-order chi connectivity index (χ1) is 7.24.